The minimum absolute atomic E-state index is 0.0119. The predicted molar refractivity (Wildman–Crippen MR) is 135 cm³/mol. The molecule has 0 saturated carbocycles. The molecule has 1 aliphatic rings. The van der Waals surface area contributed by atoms with Crippen molar-refractivity contribution in [2.45, 2.75) is 25.5 Å². The van der Waals surface area contributed by atoms with Crippen LogP contribution in [0.25, 0.3) is 5.69 Å². The van der Waals surface area contributed by atoms with Gasteiger partial charge in [0.15, 0.2) is 11.4 Å². The first-order chi connectivity index (χ1) is 16.8. The van der Waals surface area contributed by atoms with Gasteiger partial charge in [0.1, 0.15) is 0 Å². The molecule has 0 unspecified atom stereocenters. The first-order valence-electron chi connectivity index (χ1n) is 11.3. The SMILES string of the molecule is COc1cccn(-c2ccc(CN3C(=O)[C@](O)([C@H](C)/C=C/CCO)c4cc(Cl)ccc43)cc2)c1=O. The predicted octanol–water partition coefficient (Wildman–Crippen LogP) is 3.81. The lowest BCUT2D eigenvalue weighted by molar-refractivity contribution is -0.139. The second kappa shape index (κ2) is 10.1. The van der Waals surface area contributed by atoms with Gasteiger partial charge in [-0.2, -0.15) is 0 Å². The van der Waals surface area contributed by atoms with Crippen LogP contribution in [0.3, 0.4) is 0 Å². The maximum absolute atomic E-state index is 13.6. The van der Waals surface area contributed by atoms with Crippen molar-refractivity contribution in [3.8, 4) is 11.4 Å². The molecule has 1 amide bonds. The van der Waals surface area contributed by atoms with Gasteiger partial charge in [0.05, 0.1) is 19.3 Å². The number of methoxy groups -OCH3 is 1. The van der Waals surface area contributed by atoms with Crippen LogP contribution < -0.4 is 15.2 Å². The van der Waals surface area contributed by atoms with E-state index in [1.165, 1.54) is 11.7 Å². The third-order valence-corrected chi connectivity index (χ3v) is 6.53. The molecule has 0 spiro atoms. The number of anilines is 1. The number of pyridine rings is 1. The Bertz CT molecular complexity index is 1320. The second-order valence-corrected chi connectivity index (χ2v) is 8.90. The minimum Gasteiger partial charge on any atom is -0.491 e. The molecule has 8 heteroatoms. The Morgan fingerprint density at radius 2 is 1.89 bits per heavy atom. The van der Waals surface area contributed by atoms with E-state index in [1.54, 1.807) is 72.6 Å². The number of carbonyl (C=O) groups excluding carboxylic acids is 1. The van der Waals surface area contributed by atoms with E-state index in [0.29, 0.717) is 28.4 Å². The normalized spacial score (nSPS) is 18.2. The van der Waals surface area contributed by atoms with Gasteiger partial charge in [0.2, 0.25) is 0 Å². The number of aliphatic hydroxyl groups is 2. The summed E-state index contributed by atoms with van der Waals surface area (Å²) in [6.45, 7) is 1.98. The molecule has 7 nitrogen and oxygen atoms in total. The molecule has 1 aliphatic heterocycles. The molecule has 0 fully saturated rings. The maximum Gasteiger partial charge on any atom is 0.297 e. The van der Waals surface area contributed by atoms with Crippen LogP contribution in [0.5, 0.6) is 5.75 Å². The first kappa shape index (κ1) is 24.7. The standard InChI is InChI=1S/C27H27ClN2O5/c1-18(6-3-4-15-31)27(34)22-16-20(28)10-13-23(22)30(26(27)33)17-19-8-11-21(12-9-19)29-14-5-7-24(35-2)25(29)32/h3,5-14,16,18,31,34H,4,15,17H2,1-2H3/b6-3+/t18-,27+/m1/s1. The molecule has 2 aromatic carbocycles. The molecule has 2 heterocycles. The second-order valence-electron chi connectivity index (χ2n) is 8.47. The van der Waals surface area contributed by atoms with Gasteiger partial charge in [-0.3, -0.25) is 14.2 Å². The third-order valence-electron chi connectivity index (χ3n) is 6.30. The summed E-state index contributed by atoms with van der Waals surface area (Å²) in [6.07, 6.45) is 5.59. The lowest BCUT2D eigenvalue weighted by atomic mass is 9.83. The summed E-state index contributed by atoms with van der Waals surface area (Å²) in [4.78, 5) is 27.6. The van der Waals surface area contributed by atoms with Crippen LogP contribution in [0.15, 0.2) is 77.7 Å². The number of amides is 1. The quantitative estimate of drug-likeness (QED) is 0.465. The number of carbonyl (C=O) groups is 1. The highest BCUT2D eigenvalue weighted by Crippen LogP contribution is 2.46. The van der Waals surface area contributed by atoms with Crippen LogP contribution in [0.1, 0.15) is 24.5 Å². The molecule has 2 atom stereocenters. The van der Waals surface area contributed by atoms with E-state index in [9.17, 15) is 14.7 Å². The smallest absolute Gasteiger partial charge is 0.297 e. The Morgan fingerprint density at radius 3 is 2.57 bits per heavy atom. The number of aromatic nitrogens is 1. The van der Waals surface area contributed by atoms with E-state index < -0.39 is 17.4 Å². The van der Waals surface area contributed by atoms with Crippen molar-refractivity contribution in [1.82, 2.24) is 4.57 Å². The average molecular weight is 495 g/mol. The van der Waals surface area contributed by atoms with E-state index in [1.807, 2.05) is 12.1 Å². The van der Waals surface area contributed by atoms with Crippen LogP contribution in [0.4, 0.5) is 5.69 Å². The molecule has 1 aromatic heterocycles. The van der Waals surface area contributed by atoms with E-state index in [4.69, 9.17) is 21.4 Å². The Morgan fingerprint density at radius 1 is 1.14 bits per heavy atom. The Hall–Kier alpha value is -3.39. The zero-order valence-corrected chi connectivity index (χ0v) is 20.3. The molecule has 35 heavy (non-hydrogen) atoms. The van der Waals surface area contributed by atoms with Gasteiger partial charge in [-0.1, -0.05) is 42.8 Å². The van der Waals surface area contributed by atoms with Crippen molar-refractivity contribution in [2.24, 2.45) is 5.92 Å². The number of halogens is 1. The van der Waals surface area contributed by atoms with E-state index in [2.05, 4.69) is 0 Å². The largest absolute Gasteiger partial charge is 0.491 e. The van der Waals surface area contributed by atoms with Crippen molar-refractivity contribution in [1.29, 1.82) is 0 Å². The minimum atomic E-state index is -1.78. The van der Waals surface area contributed by atoms with Gasteiger partial charge in [-0.15, -0.1) is 0 Å². The lowest BCUT2D eigenvalue weighted by Gasteiger charge is -2.27. The Kier molecular flexibility index (Phi) is 7.12. The molecule has 2 N–H and O–H groups in total. The highest BCUT2D eigenvalue weighted by molar-refractivity contribution is 6.31. The number of benzene rings is 2. The number of nitrogens with zero attached hydrogens (tertiary/aromatic N) is 2. The van der Waals surface area contributed by atoms with Gasteiger partial charge >= 0.3 is 0 Å². The molecule has 4 rings (SSSR count). The van der Waals surface area contributed by atoms with Gasteiger partial charge < -0.3 is 19.8 Å². The summed E-state index contributed by atoms with van der Waals surface area (Å²) in [5.41, 5.74) is 0.494. The van der Waals surface area contributed by atoms with Gasteiger partial charge in [-0.05, 0) is 54.4 Å². The lowest BCUT2D eigenvalue weighted by Crippen LogP contribution is -2.44. The number of rotatable bonds is 8. The zero-order valence-electron chi connectivity index (χ0n) is 19.5. The fourth-order valence-electron chi connectivity index (χ4n) is 4.37. The van der Waals surface area contributed by atoms with Crippen molar-refractivity contribution < 1.29 is 19.7 Å². The van der Waals surface area contributed by atoms with Crippen LogP contribution in [0, 0.1) is 5.92 Å². The molecule has 0 radical (unpaired) electrons. The van der Waals surface area contributed by atoms with Crippen LogP contribution in [-0.4, -0.2) is 34.4 Å². The number of aliphatic hydroxyl groups excluding tert-OH is 1. The third kappa shape index (κ3) is 4.50. The molecule has 3 aromatic rings. The van der Waals surface area contributed by atoms with E-state index >= 15 is 0 Å². The Balaban J connectivity index is 1.65. The van der Waals surface area contributed by atoms with E-state index in [-0.39, 0.29) is 24.5 Å². The number of fused-ring (bicyclic) bond motifs is 1. The topological polar surface area (TPSA) is 92.0 Å². The number of hydrogen-bond donors (Lipinski definition) is 2. The molecular weight excluding hydrogens is 468 g/mol. The summed E-state index contributed by atoms with van der Waals surface area (Å²) in [5, 5.41) is 21.1. The number of ether oxygens (including phenoxy) is 1. The van der Waals surface area contributed by atoms with Crippen LogP contribution in [-0.2, 0) is 16.9 Å². The van der Waals surface area contributed by atoms with Gasteiger partial charge in [0.25, 0.3) is 11.5 Å². The summed E-state index contributed by atoms with van der Waals surface area (Å²) in [7, 11) is 1.45. The maximum atomic E-state index is 13.6. The van der Waals surface area contributed by atoms with Gasteiger partial charge in [-0.25, -0.2) is 0 Å². The van der Waals surface area contributed by atoms with Crippen molar-refractivity contribution in [2.75, 3.05) is 18.6 Å². The number of hydrogen-bond acceptors (Lipinski definition) is 5. The summed E-state index contributed by atoms with van der Waals surface area (Å²) < 4.78 is 6.60. The van der Waals surface area contributed by atoms with Crippen molar-refractivity contribution in [3.63, 3.8) is 0 Å². The van der Waals surface area contributed by atoms with Crippen molar-refractivity contribution in [3.05, 3.63) is 99.4 Å². The summed E-state index contributed by atoms with van der Waals surface area (Å²) >= 11 is 6.22. The van der Waals surface area contributed by atoms with E-state index in [0.717, 1.165) is 5.56 Å². The monoisotopic (exact) mass is 494 g/mol. The zero-order chi connectivity index (χ0) is 25.2. The highest BCUT2D eigenvalue weighted by atomic mass is 35.5. The summed E-state index contributed by atoms with van der Waals surface area (Å²) in [5.74, 6) is -0.731. The molecule has 0 bridgehead atoms. The molecular formula is C27H27ClN2O5. The Labute approximate surface area is 208 Å². The van der Waals surface area contributed by atoms with Crippen LogP contribution in [0.2, 0.25) is 5.02 Å². The fraction of sp³-hybridized carbons (Fsp3) is 0.259. The first-order valence-corrected chi connectivity index (χ1v) is 11.7. The molecule has 0 saturated heterocycles. The summed E-state index contributed by atoms with van der Waals surface area (Å²) in [6, 6.07) is 15.7. The highest BCUT2D eigenvalue weighted by Gasteiger charge is 2.52. The molecule has 182 valence electrons. The average Bonchev–Trinajstić information content (AvgIpc) is 3.07. The fourth-order valence-corrected chi connectivity index (χ4v) is 4.54. The van der Waals surface area contributed by atoms with Gasteiger partial charge in [0, 0.05) is 35.0 Å². The van der Waals surface area contributed by atoms with Crippen LogP contribution >= 0.6 is 11.6 Å². The van der Waals surface area contributed by atoms with Crippen molar-refractivity contribution >= 4 is 23.2 Å². The molecule has 0 aliphatic carbocycles.